The molecule has 80 valence electrons. The summed E-state index contributed by atoms with van der Waals surface area (Å²) in [6, 6.07) is 5.12. The molecule has 0 N–H and O–H groups in total. The van der Waals surface area contributed by atoms with Gasteiger partial charge in [-0.05, 0) is 19.4 Å². The highest BCUT2D eigenvalue weighted by molar-refractivity contribution is 6.29. The first kappa shape index (κ1) is 11.8. The maximum absolute atomic E-state index is 8.73. The average molecular weight is 225 g/mol. The molecule has 0 fully saturated rings. The Kier molecular flexibility index (Phi) is 4.38. The third-order valence-corrected chi connectivity index (χ3v) is 2.11. The maximum atomic E-state index is 8.73. The van der Waals surface area contributed by atoms with Crippen LogP contribution in [0.2, 0.25) is 5.15 Å². The van der Waals surface area contributed by atoms with E-state index in [-0.39, 0.29) is 11.3 Å². The molecule has 1 aromatic rings. The van der Waals surface area contributed by atoms with Crippen molar-refractivity contribution >= 4 is 11.6 Å². The monoisotopic (exact) mass is 224 g/mol. The van der Waals surface area contributed by atoms with Gasteiger partial charge in [-0.3, -0.25) is 0 Å². The third kappa shape index (κ3) is 3.77. The van der Waals surface area contributed by atoms with Gasteiger partial charge in [0.2, 0.25) is 5.88 Å². The topological polar surface area (TPSA) is 45.9 Å². The predicted molar refractivity (Wildman–Crippen MR) is 59.0 cm³/mol. The summed E-state index contributed by atoms with van der Waals surface area (Å²) < 4.78 is 5.53. The van der Waals surface area contributed by atoms with Gasteiger partial charge in [0, 0.05) is 6.07 Å². The number of rotatable bonds is 4. The number of hydrogen-bond donors (Lipinski definition) is 0. The summed E-state index contributed by atoms with van der Waals surface area (Å²) in [5.74, 6) is 0.417. The lowest BCUT2D eigenvalue weighted by molar-refractivity contribution is 0.201. The lowest BCUT2D eigenvalue weighted by atomic mass is 10.2. The summed E-state index contributed by atoms with van der Waals surface area (Å²) in [7, 11) is 0. The summed E-state index contributed by atoms with van der Waals surface area (Å²) in [5.41, 5.74) is 0.466. The van der Waals surface area contributed by atoms with Crippen LogP contribution in [0.3, 0.4) is 0 Å². The second-order valence-corrected chi connectivity index (χ2v) is 3.73. The molecule has 4 heteroatoms. The molecule has 0 radical (unpaired) electrons. The number of nitrogens with zero attached hydrogens (tertiary/aromatic N) is 2. The van der Waals surface area contributed by atoms with Crippen molar-refractivity contribution in [3.8, 4) is 11.9 Å². The number of aromatic nitrogens is 1. The molecule has 0 bridgehead atoms. The summed E-state index contributed by atoms with van der Waals surface area (Å²) in [5, 5.41) is 9.02. The Hall–Kier alpha value is -1.27. The van der Waals surface area contributed by atoms with Crippen LogP contribution in [0.4, 0.5) is 0 Å². The number of halogens is 1. The van der Waals surface area contributed by atoms with E-state index < -0.39 is 0 Å². The van der Waals surface area contributed by atoms with Gasteiger partial charge >= 0.3 is 0 Å². The molecule has 1 rings (SSSR count). The van der Waals surface area contributed by atoms with Crippen LogP contribution >= 0.6 is 11.6 Å². The Labute approximate surface area is 94.7 Å². The average Bonchev–Trinajstić information content (AvgIpc) is 2.17. The molecule has 1 unspecified atom stereocenters. The highest BCUT2D eigenvalue weighted by atomic mass is 35.5. The van der Waals surface area contributed by atoms with Gasteiger partial charge in [-0.15, -0.1) is 0 Å². The van der Waals surface area contributed by atoms with E-state index >= 15 is 0 Å². The van der Waals surface area contributed by atoms with E-state index in [0.29, 0.717) is 11.4 Å². The summed E-state index contributed by atoms with van der Waals surface area (Å²) in [4.78, 5) is 4.00. The van der Waals surface area contributed by atoms with E-state index in [9.17, 15) is 0 Å². The summed E-state index contributed by atoms with van der Waals surface area (Å²) in [6.07, 6.45) is 2.09. The maximum Gasteiger partial charge on any atom is 0.216 e. The molecule has 1 atom stereocenters. The van der Waals surface area contributed by atoms with Crippen molar-refractivity contribution < 1.29 is 4.74 Å². The van der Waals surface area contributed by atoms with Gasteiger partial charge in [-0.25, -0.2) is 4.98 Å². The van der Waals surface area contributed by atoms with Crippen molar-refractivity contribution in [3.63, 3.8) is 0 Å². The molecule has 0 saturated carbocycles. The molecule has 0 aliphatic rings. The molecule has 1 aromatic heterocycles. The fraction of sp³-hybridized carbons (Fsp3) is 0.455. The van der Waals surface area contributed by atoms with Crippen LogP contribution in [0.15, 0.2) is 12.1 Å². The number of hydrogen-bond acceptors (Lipinski definition) is 3. The Balaban J connectivity index is 2.77. The zero-order valence-electron chi connectivity index (χ0n) is 8.83. The molecule has 1 heterocycles. The highest BCUT2D eigenvalue weighted by Gasteiger charge is 2.06. The number of nitriles is 1. The minimum atomic E-state index is 0.0903. The molecule has 0 aliphatic carbocycles. The zero-order valence-corrected chi connectivity index (χ0v) is 9.58. The van der Waals surface area contributed by atoms with Crippen LogP contribution in [0.1, 0.15) is 32.3 Å². The normalized spacial score (nSPS) is 11.9. The fourth-order valence-corrected chi connectivity index (χ4v) is 1.47. The molecule has 0 saturated heterocycles. The summed E-state index contributed by atoms with van der Waals surface area (Å²) in [6.45, 7) is 4.06. The van der Waals surface area contributed by atoms with Crippen LogP contribution < -0.4 is 4.74 Å². The van der Waals surface area contributed by atoms with Crippen molar-refractivity contribution in [2.45, 2.75) is 32.8 Å². The van der Waals surface area contributed by atoms with E-state index in [1.165, 1.54) is 6.07 Å². The van der Waals surface area contributed by atoms with Gasteiger partial charge in [0.15, 0.2) is 0 Å². The summed E-state index contributed by atoms with van der Waals surface area (Å²) >= 11 is 5.75. The highest BCUT2D eigenvalue weighted by Crippen LogP contribution is 2.17. The third-order valence-electron chi connectivity index (χ3n) is 1.92. The van der Waals surface area contributed by atoms with E-state index in [4.69, 9.17) is 21.6 Å². The molecule has 15 heavy (non-hydrogen) atoms. The minimum absolute atomic E-state index is 0.0903. The van der Waals surface area contributed by atoms with Gasteiger partial charge in [0.05, 0.1) is 17.7 Å². The molecular weight excluding hydrogens is 212 g/mol. The Morgan fingerprint density at radius 3 is 2.93 bits per heavy atom. The molecular formula is C11H13ClN2O. The molecule has 0 aromatic carbocycles. The fourth-order valence-electron chi connectivity index (χ4n) is 1.27. The molecule has 0 spiro atoms. The first-order valence-electron chi connectivity index (χ1n) is 4.90. The lowest BCUT2D eigenvalue weighted by Crippen LogP contribution is -2.12. The molecule has 3 nitrogen and oxygen atoms in total. The van der Waals surface area contributed by atoms with Crippen LogP contribution in [-0.4, -0.2) is 11.1 Å². The van der Waals surface area contributed by atoms with Gasteiger partial charge in [-0.2, -0.15) is 5.26 Å². The smallest absolute Gasteiger partial charge is 0.216 e. The largest absolute Gasteiger partial charge is 0.475 e. The Bertz CT molecular complexity index is 373. The Morgan fingerprint density at radius 1 is 1.60 bits per heavy atom. The van der Waals surface area contributed by atoms with E-state index in [2.05, 4.69) is 11.9 Å². The van der Waals surface area contributed by atoms with Gasteiger partial charge < -0.3 is 4.74 Å². The SMILES string of the molecule is CCCC(C)Oc1cc(C#N)cc(Cl)n1. The predicted octanol–water partition coefficient (Wildman–Crippen LogP) is 3.17. The standard InChI is InChI=1S/C11H13ClN2O/c1-3-4-8(2)15-11-6-9(7-13)5-10(12)14-11/h5-6,8H,3-4H2,1-2H3. The van der Waals surface area contributed by atoms with Crippen molar-refractivity contribution in [1.29, 1.82) is 5.26 Å². The van der Waals surface area contributed by atoms with E-state index in [1.807, 2.05) is 13.0 Å². The van der Waals surface area contributed by atoms with Crippen LogP contribution in [0.5, 0.6) is 5.88 Å². The molecule has 0 amide bonds. The van der Waals surface area contributed by atoms with Crippen molar-refractivity contribution in [3.05, 3.63) is 22.8 Å². The molecule has 0 aliphatic heterocycles. The van der Waals surface area contributed by atoms with Gasteiger partial charge in [0.25, 0.3) is 0 Å². The zero-order chi connectivity index (χ0) is 11.3. The van der Waals surface area contributed by atoms with Crippen LogP contribution in [0.25, 0.3) is 0 Å². The van der Waals surface area contributed by atoms with Gasteiger partial charge in [-0.1, -0.05) is 24.9 Å². The van der Waals surface area contributed by atoms with Crippen molar-refractivity contribution in [2.24, 2.45) is 0 Å². The van der Waals surface area contributed by atoms with Crippen LogP contribution in [0, 0.1) is 11.3 Å². The van der Waals surface area contributed by atoms with Crippen molar-refractivity contribution in [1.82, 2.24) is 4.98 Å². The quantitative estimate of drug-likeness (QED) is 0.738. The second kappa shape index (κ2) is 5.57. The minimum Gasteiger partial charge on any atom is -0.475 e. The van der Waals surface area contributed by atoms with Crippen molar-refractivity contribution in [2.75, 3.05) is 0 Å². The van der Waals surface area contributed by atoms with Crippen LogP contribution in [-0.2, 0) is 0 Å². The number of pyridine rings is 1. The van der Waals surface area contributed by atoms with Gasteiger partial charge in [0.1, 0.15) is 5.15 Å². The lowest BCUT2D eigenvalue weighted by Gasteiger charge is -2.12. The second-order valence-electron chi connectivity index (χ2n) is 3.35. The Morgan fingerprint density at radius 2 is 2.33 bits per heavy atom. The number of ether oxygens (including phenoxy) is 1. The first-order chi connectivity index (χ1) is 7.15. The first-order valence-corrected chi connectivity index (χ1v) is 5.27. The van der Waals surface area contributed by atoms with E-state index in [1.54, 1.807) is 6.07 Å². The van der Waals surface area contributed by atoms with E-state index in [0.717, 1.165) is 12.8 Å².